The van der Waals surface area contributed by atoms with Gasteiger partial charge in [0.15, 0.2) is 10.9 Å². The molecule has 0 radical (unpaired) electrons. The molecule has 2 aromatic heterocycles. The number of nitrogens with one attached hydrogen (secondary N) is 3. The minimum absolute atomic E-state index is 0.190. The van der Waals surface area contributed by atoms with Crippen LogP contribution in [0.4, 0.5) is 5.82 Å². The maximum Gasteiger partial charge on any atom is 0.257 e. The van der Waals surface area contributed by atoms with Gasteiger partial charge in [-0.15, -0.1) is 11.3 Å². The van der Waals surface area contributed by atoms with Crippen molar-refractivity contribution in [3.63, 3.8) is 0 Å². The van der Waals surface area contributed by atoms with Crippen molar-refractivity contribution in [3.8, 4) is 0 Å². The summed E-state index contributed by atoms with van der Waals surface area (Å²) in [6.45, 7) is 0. The van der Waals surface area contributed by atoms with Crippen LogP contribution in [0.15, 0.2) is 36.7 Å². The van der Waals surface area contributed by atoms with Crippen molar-refractivity contribution >= 4 is 50.6 Å². The fourth-order valence-corrected chi connectivity index (χ4v) is 4.47. The first kappa shape index (κ1) is 16.9. The average Bonchev–Trinajstić information content (AvgIpc) is 3.06. The van der Waals surface area contributed by atoms with Crippen LogP contribution in [0.25, 0.3) is 10.2 Å². The number of anilines is 1. The summed E-state index contributed by atoms with van der Waals surface area (Å²) < 4.78 is 0. The second-order valence-electron chi connectivity index (χ2n) is 6.01. The molecule has 6 nitrogen and oxygen atoms in total. The number of nitrogens with zero attached hydrogens (tertiary/aromatic N) is 2. The predicted octanol–water partition coefficient (Wildman–Crippen LogP) is 3.20. The van der Waals surface area contributed by atoms with Gasteiger partial charge in [0, 0.05) is 10.4 Å². The van der Waals surface area contributed by atoms with Crippen molar-refractivity contribution in [1.82, 2.24) is 20.7 Å². The van der Waals surface area contributed by atoms with Crippen LogP contribution < -0.4 is 16.2 Å². The monoisotopic (exact) mass is 383 g/mol. The quantitative estimate of drug-likeness (QED) is 0.476. The van der Waals surface area contributed by atoms with E-state index in [9.17, 15) is 4.79 Å². The van der Waals surface area contributed by atoms with Gasteiger partial charge >= 0.3 is 0 Å². The molecule has 2 heterocycles. The lowest BCUT2D eigenvalue weighted by Gasteiger charge is -2.14. The number of hydrogen-bond acceptors (Lipinski definition) is 6. The zero-order valence-corrected chi connectivity index (χ0v) is 15.5. The van der Waals surface area contributed by atoms with Crippen molar-refractivity contribution in [1.29, 1.82) is 0 Å². The molecule has 26 heavy (non-hydrogen) atoms. The summed E-state index contributed by atoms with van der Waals surface area (Å²) in [5.41, 5.74) is 7.77. The Hall–Kier alpha value is -2.58. The van der Waals surface area contributed by atoms with Crippen molar-refractivity contribution in [3.05, 3.63) is 52.7 Å². The van der Waals surface area contributed by atoms with Crippen LogP contribution in [-0.2, 0) is 12.8 Å². The highest BCUT2D eigenvalue weighted by atomic mass is 32.1. The van der Waals surface area contributed by atoms with Gasteiger partial charge in [-0.2, -0.15) is 0 Å². The number of benzene rings is 1. The third-order valence-electron chi connectivity index (χ3n) is 4.31. The van der Waals surface area contributed by atoms with Gasteiger partial charge in [-0.25, -0.2) is 9.97 Å². The molecule has 3 aromatic rings. The molecule has 1 aliphatic rings. The first-order chi connectivity index (χ1) is 12.7. The van der Waals surface area contributed by atoms with Crippen LogP contribution in [0.5, 0.6) is 0 Å². The smallest absolute Gasteiger partial charge is 0.257 e. The van der Waals surface area contributed by atoms with Crippen LogP contribution in [0, 0.1) is 0 Å². The summed E-state index contributed by atoms with van der Waals surface area (Å²) in [6.07, 6.45) is 6.11. The van der Waals surface area contributed by atoms with Gasteiger partial charge in [0.2, 0.25) is 0 Å². The molecule has 0 unspecified atom stereocenters. The van der Waals surface area contributed by atoms with E-state index in [0.717, 1.165) is 23.1 Å². The zero-order valence-electron chi connectivity index (χ0n) is 13.9. The Morgan fingerprint density at radius 1 is 1.12 bits per heavy atom. The molecular formula is C18H17N5OS2. The van der Waals surface area contributed by atoms with Crippen molar-refractivity contribution in [2.24, 2.45) is 0 Å². The minimum Gasteiger partial charge on any atom is -0.298 e. The van der Waals surface area contributed by atoms with E-state index >= 15 is 0 Å². The molecule has 0 aliphatic heterocycles. The number of hydrogen-bond donors (Lipinski definition) is 3. The van der Waals surface area contributed by atoms with Gasteiger partial charge in [-0.1, -0.05) is 18.2 Å². The molecule has 1 amide bonds. The maximum absolute atomic E-state index is 12.1. The fourth-order valence-electron chi connectivity index (χ4n) is 3.10. The van der Waals surface area contributed by atoms with Crippen LogP contribution in [-0.4, -0.2) is 21.0 Å². The summed E-state index contributed by atoms with van der Waals surface area (Å²) in [5.74, 6) is 0.427. The van der Waals surface area contributed by atoms with Gasteiger partial charge in [-0.3, -0.25) is 21.0 Å². The highest BCUT2D eigenvalue weighted by Crippen LogP contribution is 2.37. The SMILES string of the molecule is O=C(NC(=S)NNc1ncnc2sc3c(c12)CCCC3)c1ccccc1. The van der Waals surface area contributed by atoms with Gasteiger partial charge in [0.25, 0.3) is 5.91 Å². The second-order valence-corrected chi connectivity index (χ2v) is 7.50. The predicted molar refractivity (Wildman–Crippen MR) is 107 cm³/mol. The summed E-state index contributed by atoms with van der Waals surface area (Å²) in [5, 5.41) is 3.89. The number of aryl methyl sites for hydroxylation is 2. The molecule has 0 saturated carbocycles. The Balaban J connectivity index is 1.47. The molecular weight excluding hydrogens is 366 g/mol. The second kappa shape index (κ2) is 7.35. The number of carbonyl (C=O) groups is 1. The number of rotatable bonds is 3. The molecule has 1 aliphatic carbocycles. The molecule has 3 N–H and O–H groups in total. The Kier molecular flexibility index (Phi) is 4.77. The number of thiocarbonyl (C=S) groups is 1. The van der Waals surface area contributed by atoms with E-state index < -0.39 is 0 Å². The Morgan fingerprint density at radius 2 is 1.92 bits per heavy atom. The zero-order chi connectivity index (χ0) is 17.9. The molecule has 8 heteroatoms. The number of fused-ring (bicyclic) bond motifs is 3. The van der Waals surface area contributed by atoms with Crippen molar-refractivity contribution in [2.45, 2.75) is 25.7 Å². The van der Waals surface area contributed by atoms with Crippen molar-refractivity contribution < 1.29 is 4.79 Å². The van der Waals surface area contributed by atoms with E-state index in [2.05, 4.69) is 26.1 Å². The fraction of sp³-hybridized carbons (Fsp3) is 0.222. The maximum atomic E-state index is 12.1. The van der Waals surface area contributed by atoms with Gasteiger partial charge in [0.1, 0.15) is 11.2 Å². The van der Waals surface area contributed by atoms with Crippen molar-refractivity contribution in [2.75, 3.05) is 5.43 Å². The van der Waals surface area contributed by atoms with Gasteiger partial charge < -0.3 is 0 Å². The Bertz CT molecular complexity index is 970. The normalized spacial score (nSPS) is 13.1. The molecule has 4 rings (SSSR count). The highest BCUT2D eigenvalue weighted by molar-refractivity contribution is 7.80. The lowest BCUT2D eigenvalue weighted by atomic mass is 9.97. The van der Waals surface area contributed by atoms with Gasteiger partial charge in [0.05, 0.1) is 5.39 Å². The standard InChI is InChI=1S/C18H17N5OS2/c24-16(11-6-2-1-3-7-11)21-18(25)23-22-15-14-12-8-4-5-9-13(12)26-17(14)20-10-19-15/h1-3,6-7,10H,4-5,8-9H2,(H,19,20,22)(H2,21,23,24,25). The van der Waals surface area contributed by atoms with E-state index in [1.807, 2.05) is 6.07 Å². The van der Waals surface area contributed by atoms with Crippen LogP contribution in [0.1, 0.15) is 33.6 Å². The number of aromatic nitrogens is 2. The summed E-state index contributed by atoms with van der Waals surface area (Å²) >= 11 is 6.94. The lowest BCUT2D eigenvalue weighted by Crippen LogP contribution is -2.42. The van der Waals surface area contributed by atoms with E-state index in [1.165, 1.54) is 23.3 Å². The molecule has 1 aromatic carbocycles. The van der Waals surface area contributed by atoms with E-state index in [-0.39, 0.29) is 11.0 Å². The van der Waals surface area contributed by atoms with E-state index in [1.54, 1.807) is 41.9 Å². The number of thiophene rings is 1. The Labute approximate surface area is 160 Å². The largest absolute Gasteiger partial charge is 0.298 e. The first-order valence-electron chi connectivity index (χ1n) is 8.40. The summed E-state index contributed by atoms with van der Waals surface area (Å²) in [4.78, 5) is 23.3. The van der Waals surface area contributed by atoms with E-state index in [4.69, 9.17) is 12.2 Å². The Morgan fingerprint density at radius 3 is 2.77 bits per heavy atom. The molecule has 132 valence electrons. The topological polar surface area (TPSA) is 78.9 Å². The first-order valence-corrected chi connectivity index (χ1v) is 9.62. The molecule has 0 bridgehead atoms. The molecule has 0 saturated heterocycles. The molecule has 0 fully saturated rings. The van der Waals surface area contributed by atoms with Crippen LogP contribution >= 0.6 is 23.6 Å². The summed E-state index contributed by atoms with van der Waals surface area (Å²) in [6, 6.07) is 8.94. The number of hydrazine groups is 1. The third kappa shape index (κ3) is 3.38. The van der Waals surface area contributed by atoms with Gasteiger partial charge in [-0.05, 0) is 55.6 Å². The van der Waals surface area contributed by atoms with Crippen LogP contribution in [0.3, 0.4) is 0 Å². The minimum atomic E-state index is -0.259. The van der Waals surface area contributed by atoms with E-state index in [0.29, 0.717) is 11.4 Å². The van der Waals surface area contributed by atoms with Crippen LogP contribution in [0.2, 0.25) is 0 Å². The third-order valence-corrected chi connectivity index (χ3v) is 5.71. The molecule has 0 spiro atoms. The highest BCUT2D eigenvalue weighted by Gasteiger charge is 2.20. The molecule has 0 atom stereocenters. The average molecular weight is 384 g/mol. The lowest BCUT2D eigenvalue weighted by molar-refractivity contribution is 0.0977. The number of amides is 1. The number of carbonyl (C=O) groups excluding carboxylic acids is 1. The summed E-state index contributed by atoms with van der Waals surface area (Å²) in [7, 11) is 0.